The quantitative estimate of drug-likeness (QED) is 0.199. The molecule has 0 radical (unpaired) electrons. The first-order valence-corrected chi connectivity index (χ1v) is 17.1. The van der Waals surface area contributed by atoms with Crippen molar-refractivity contribution in [3.05, 3.63) is 90.4 Å². The van der Waals surface area contributed by atoms with Crippen LogP contribution in [0.4, 0.5) is 5.69 Å². The third-order valence-electron chi connectivity index (χ3n) is 8.05. The standard InChI is InChI=1S/C35H33NO10S3/c1-18-9-15-21-22(17-18)36(23(37)16-12-19-10-13-20(42-4)14-11-19)34(2,3)29-24(21)35(25(30(38)43-5)26(47-29)31(39)44-6)48-27(32(40)45-7)28(49-35)33(41)46-8/h9-17H,1-8H3. The molecule has 0 aromatic heterocycles. The van der Waals surface area contributed by atoms with E-state index in [-0.39, 0.29) is 26.2 Å². The van der Waals surface area contributed by atoms with Crippen molar-refractivity contribution in [2.24, 2.45) is 0 Å². The van der Waals surface area contributed by atoms with Crippen LogP contribution < -0.4 is 9.64 Å². The number of carbonyl (C=O) groups is 5. The number of thioether (sulfide) groups is 3. The highest BCUT2D eigenvalue weighted by Crippen LogP contribution is 2.71. The molecule has 11 nitrogen and oxygen atoms in total. The van der Waals surface area contributed by atoms with Gasteiger partial charge < -0.3 is 23.7 Å². The number of anilines is 1. The van der Waals surface area contributed by atoms with E-state index in [1.165, 1.54) is 34.5 Å². The van der Waals surface area contributed by atoms with Crippen LogP contribution in [-0.4, -0.2) is 75.0 Å². The molecular formula is C35H33NO10S3. The first-order valence-electron chi connectivity index (χ1n) is 14.7. The maximum atomic E-state index is 14.3. The number of hydrogen-bond acceptors (Lipinski definition) is 13. The highest BCUT2D eigenvalue weighted by Gasteiger charge is 2.61. The summed E-state index contributed by atoms with van der Waals surface area (Å²) in [5.41, 5.74) is 1.89. The number of ether oxygens (including phenoxy) is 5. The highest BCUT2D eigenvalue weighted by atomic mass is 32.2. The Labute approximate surface area is 296 Å². The SMILES string of the molecule is COC(=O)C1=C(C(=O)OC)SC2(S1)C(C(=O)OC)=C(C(=O)OC)SC1=C2c2ccc(C)cc2N(C(=O)C=Cc2ccc(OC)cc2)C1(C)C. The molecule has 0 bridgehead atoms. The van der Waals surface area contributed by atoms with Crippen molar-refractivity contribution in [3.8, 4) is 5.75 Å². The maximum Gasteiger partial charge on any atom is 0.345 e. The first-order chi connectivity index (χ1) is 23.3. The number of hydrogen-bond donors (Lipinski definition) is 0. The Hall–Kier alpha value is -4.40. The smallest absolute Gasteiger partial charge is 0.345 e. The minimum atomic E-state index is -1.65. The van der Waals surface area contributed by atoms with Gasteiger partial charge in [-0.2, -0.15) is 0 Å². The second-order valence-corrected chi connectivity index (χ2v) is 15.0. The zero-order chi connectivity index (χ0) is 35.8. The number of aryl methyl sites for hydroxylation is 1. The van der Waals surface area contributed by atoms with E-state index >= 15 is 0 Å². The molecule has 3 aliphatic rings. The number of carbonyl (C=O) groups excluding carboxylic acids is 5. The third kappa shape index (κ3) is 6.06. The van der Waals surface area contributed by atoms with Gasteiger partial charge in [0.1, 0.15) is 24.5 Å². The summed E-state index contributed by atoms with van der Waals surface area (Å²) in [6.45, 7) is 5.54. The lowest BCUT2D eigenvalue weighted by Gasteiger charge is -2.50. The lowest BCUT2D eigenvalue weighted by atomic mass is 9.83. The predicted molar refractivity (Wildman–Crippen MR) is 189 cm³/mol. The van der Waals surface area contributed by atoms with Gasteiger partial charge in [-0.3, -0.25) is 9.69 Å². The second kappa shape index (κ2) is 13.8. The van der Waals surface area contributed by atoms with E-state index in [1.807, 2.05) is 51.1 Å². The molecule has 5 rings (SSSR count). The Morgan fingerprint density at radius 3 is 1.82 bits per heavy atom. The highest BCUT2D eigenvalue weighted by molar-refractivity contribution is 8.26. The molecule has 0 saturated heterocycles. The maximum absolute atomic E-state index is 14.3. The van der Waals surface area contributed by atoms with Gasteiger partial charge in [0, 0.05) is 22.1 Å². The molecule has 256 valence electrons. The van der Waals surface area contributed by atoms with Crippen LogP contribution in [0.3, 0.4) is 0 Å². The van der Waals surface area contributed by atoms with E-state index < -0.39 is 33.5 Å². The van der Waals surface area contributed by atoms with Crippen molar-refractivity contribution >= 4 is 82.4 Å². The van der Waals surface area contributed by atoms with Crippen LogP contribution in [0, 0.1) is 6.92 Å². The Morgan fingerprint density at radius 1 is 0.735 bits per heavy atom. The van der Waals surface area contributed by atoms with Gasteiger partial charge in [0.05, 0.1) is 52.3 Å². The molecule has 0 aliphatic carbocycles. The molecule has 49 heavy (non-hydrogen) atoms. The molecular weight excluding hydrogens is 691 g/mol. The van der Waals surface area contributed by atoms with Crippen LogP contribution in [-0.2, 0) is 42.9 Å². The molecule has 2 aromatic rings. The van der Waals surface area contributed by atoms with Crippen molar-refractivity contribution in [3.63, 3.8) is 0 Å². The molecule has 3 aliphatic heterocycles. The molecule has 0 atom stereocenters. The van der Waals surface area contributed by atoms with E-state index in [9.17, 15) is 24.0 Å². The average Bonchev–Trinajstić information content (AvgIpc) is 3.49. The summed E-state index contributed by atoms with van der Waals surface area (Å²) in [7, 11) is 6.26. The molecule has 3 heterocycles. The van der Waals surface area contributed by atoms with Crippen LogP contribution in [0.1, 0.15) is 30.5 Å². The van der Waals surface area contributed by atoms with E-state index in [1.54, 1.807) is 30.2 Å². The van der Waals surface area contributed by atoms with Gasteiger partial charge in [-0.05, 0) is 56.2 Å². The summed E-state index contributed by atoms with van der Waals surface area (Å²) in [4.78, 5) is 69.8. The van der Waals surface area contributed by atoms with Crippen LogP contribution in [0.15, 0.2) is 73.7 Å². The lowest BCUT2D eigenvalue weighted by Crippen LogP contribution is -2.53. The van der Waals surface area contributed by atoms with Crippen LogP contribution in [0.5, 0.6) is 5.75 Å². The van der Waals surface area contributed by atoms with Gasteiger partial charge in [0.15, 0.2) is 0 Å². The Bertz CT molecular complexity index is 1880. The zero-order valence-corrected chi connectivity index (χ0v) is 30.4. The number of nitrogens with zero attached hydrogens (tertiary/aromatic N) is 1. The van der Waals surface area contributed by atoms with E-state index in [2.05, 4.69) is 0 Å². The van der Waals surface area contributed by atoms with Crippen molar-refractivity contribution in [2.45, 2.75) is 30.4 Å². The Kier molecular flexibility index (Phi) is 10.1. The molecule has 1 spiro atoms. The van der Waals surface area contributed by atoms with E-state index in [4.69, 9.17) is 23.7 Å². The number of methoxy groups -OCH3 is 5. The zero-order valence-electron chi connectivity index (χ0n) is 28.0. The summed E-state index contributed by atoms with van der Waals surface area (Å²) >= 11 is 2.74. The lowest BCUT2D eigenvalue weighted by molar-refractivity contribution is -0.138. The summed E-state index contributed by atoms with van der Waals surface area (Å²) in [5, 5.41) is 0. The molecule has 0 unspecified atom stereocenters. The average molecular weight is 724 g/mol. The van der Waals surface area contributed by atoms with Crippen molar-refractivity contribution < 1.29 is 47.7 Å². The number of fused-ring (bicyclic) bond motifs is 3. The fourth-order valence-electron chi connectivity index (χ4n) is 5.78. The molecule has 0 fully saturated rings. The number of esters is 4. The molecule has 0 saturated carbocycles. The van der Waals surface area contributed by atoms with Crippen LogP contribution in [0.2, 0.25) is 0 Å². The van der Waals surface area contributed by atoms with Gasteiger partial charge in [0.2, 0.25) is 0 Å². The normalized spacial score (nSPS) is 17.5. The van der Waals surface area contributed by atoms with Crippen molar-refractivity contribution in [1.29, 1.82) is 0 Å². The fraction of sp³-hybridized carbons (Fsp3) is 0.286. The minimum absolute atomic E-state index is 0.115. The number of rotatable bonds is 7. The summed E-state index contributed by atoms with van der Waals surface area (Å²) in [6, 6.07) is 12.8. The van der Waals surface area contributed by atoms with E-state index in [0.717, 1.165) is 46.4 Å². The van der Waals surface area contributed by atoms with Gasteiger partial charge in [-0.1, -0.05) is 59.6 Å². The summed E-state index contributed by atoms with van der Waals surface area (Å²) < 4.78 is 24.1. The number of benzene rings is 2. The Balaban J connectivity index is 1.80. The number of amides is 1. The second-order valence-electron chi connectivity index (χ2n) is 11.3. The van der Waals surface area contributed by atoms with Gasteiger partial charge in [0.25, 0.3) is 5.91 Å². The monoisotopic (exact) mass is 723 g/mol. The molecule has 1 amide bonds. The van der Waals surface area contributed by atoms with Crippen LogP contribution >= 0.6 is 35.3 Å². The van der Waals surface area contributed by atoms with Crippen molar-refractivity contribution in [2.75, 3.05) is 40.4 Å². The summed E-state index contributed by atoms with van der Waals surface area (Å²) in [5.74, 6) is -3.06. The van der Waals surface area contributed by atoms with Crippen LogP contribution in [0.25, 0.3) is 11.6 Å². The molecule has 14 heteroatoms. The topological polar surface area (TPSA) is 135 Å². The first kappa shape index (κ1) is 35.9. The van der Waals surface area contributed by atoms with Gasteiger partial charge >= 0.3 is 23.9 Å². The molecule has 0 N–H and O–H groups in total. The predicted octanol–water partition coefficient (Wildman–Crippen LogP) is 5.63. The van der Waals surface area contributed by atoms with Crippen molar-refractivity contribution in [1.82, 2.24) is 0 Å². The van der Waals surface area contributed by atoms with Gasteiger partial charge in [-0.25, -0.2) is 19.2 Å². The fourth-order valence-corrected chi connectivity index (χ4v) is 10.8. The van der Waals surface area contributed by atoms with E-state index in [0.29, 0.717) is 27.5 Å². The molecule has 2 aromatic carbocycles. The largest absolute Gasteiger partial charge is 0.497 e. The third-order valence-corrected chi connectivity index (χ3v) is 12.7. The summed E-state index contributed by atoms with van der Waals surface area (Å²) in [6.07, 6.45) is 3.16. The Morgan fingerprint density at radius 2 is 1.29 bits per heavy atom. The van der Waals surface area contributed by atoms with Gasteiger partial charge in [-0.15, -0.1) is 0 Å². The minimum Gasteiger partial charge on any atom is -0.497 e.